The highest BCUT2D eigenvalue weighted by atomic mass is 19.4. The van der Waals surface area contributed by atoms with Gasteiger partial charge in [-0.25, -0.2) is 9.97 Å². The summed E-state index contributed by atoms with van der Waals surface area (Å²) in [5, 5.41) is 9.07. The molecule has 0 radical (unpaired) electrons. The van der Waals surface area contributed by atoms with Crippen LogP contribution in [0.2, 0.25) is 0 Å². The van der Waals surface area contributed by atoms with Crippen molar-refractivity contribution in [2.24, 2.45) is 0 Å². The highest BCUT2D eigenvalue weighted by Gasteiger charge is 2.35. The molecule has 140 valence electrons. The van der Waals surface area contributed by atoms with Gasteiger partial charge in [0.1, 0.15) is 6.07 Å². The average molecular weight is 375 g/mol. The maximum Gasteiger partial charge on any atom is 0.416 e. The summed E-state index contributed by atoms with van der Waals surface area (Å²) in [6.07, 6.45) is -1.61. The normalized spacial score (nSPS) is 14.4. The molecule has 1 fully saturated rings. The minimum Gasteiger partial charge on any atom is -0.350 e. The second-order valence-corrected chi connectivity index (χ2v) is 6.28. The van der Waals surface area contributed by atoms with Crippen LogP contribution in [-0.2, 0) is 17.4 Å². The van der Waals surface area contributed by atoms with E-state index in [0.717, 1.165) is 12.1 Å². The number of nitrogens with zero attached hydrogens (tertiary/aromatic N) is 5. The molecule has 0 atom stereocenters. The standard InChI is InChI=1S/C18H16F3N5O/c1-25(14-10-26(11-14)17-15(9-22)23-5-6-24-17)16(27)8-12-3-2-4-13(7-12)18(19,20)21/h2-7,14H,8,10-11H2,1H3. The Morgan fingerprint density at radius 3 is 2.70 bits per heavy atom. The maximum absolute atomic E-state index is 12.8. The number of carbonyl (C=O) groups is 1. The lowest BCUT2D eigenvalue weighted by Crippen LogP contribution is -2.60. The predicted octanol–water partition coefficient (Wildman–Crippen LogP) is 2.26. The van der Waals surface area contributed by atoms with Crippen LogP contribution in [0.1, 0.15) is 16.8 Å². The second kappa shape index (κ2) is 7.23. The van der Waals surface area contributed by atoms with E-state index >= 15 is 0 Å². The minimum absolute atomic E-state index is 0.100. The summed E-state index contributed by atoms with van der Waals surface area (Å²) in [5.41, 5.74) is -0.232. The highest BCUT2D eigenvalue weighted by molar-refractivity contribution is 5.79. The Kier molecular flexibility index (Phi) is 4.99. The number of benzene rings is 1. The molecule has 0 aliphatic carbocycles. The first-order valence-electron chi connectivity index (χ1n) is 8.17. The molecule has 1 aliphatic heterocycles. The molecule has 1 amide bonds. The van der Waals surface area contributed by atoms with Gasteiger partial charge in [-0.2, -0.15) is 18.4 Å². The first-order valence-corrected chi connectivity index (χ1v) is 8.17. The molecule has 9 heteroatoms. The molecule has 6 nitrogen and oxygen atoms in total. The summed E-state index contributed by atoms with van der Waals surface area (Å²) in [6.45, 7) is 0.969. The number of amides is 1. The van der Waals surface area contributed by atoms with Gasteiger partial charge in [0, 0.05) is 32.5 Å². The molecule has 0 spiro atoms. The fourth-order valence-electron chi connectivity index (χ4n) is 2.87. The predicted molar refractivity (Wildman–Crippen MR) is 90.7 cm³/mol. The van der Waals surface area contributed by atoms with Gasteiger partial charge in [-0.05, 0) is 11.6 Å². The van der Waals surface area contributed by atoms with Crippen LogP contribution < -0.4 is 4.90 Å². The summed E-state index contributed by atoms with van der Waals surface area (Å²) >= 11 is 0. The van der Waals surface area contributed by atoms with Crippen LogP contribution in [-0.4, -0.2) is 47.0 Å². The van der Waals surface area contributed by atoms with Crippen molar-refractivity contribution in [1.82, 2.24) is 14.9 Å². The van der Waals surface area contributed by atoms with E-state index in [1.165, 1.54) is 29.4 Å². The Hall–Kier alpha value is -3.15. The van der Waals surface area contributed by atoms with Crippen LogP contribution in [0.25, 0.3) is 0 Å². The third-order valence-corrected chi connectivity index (χ3v) is 4.50. The van der Waals surface area contributed by atoms with Crippen molar-refractivity contribution in [3.05, 3.63) is 53.5 Å². The van der Waals surface area contributed by atoms with E-state index in [1.807, 2.05) is 11.0 Å². The van der Waals surface area contributed by atoms with E-state index in [2.05, 4.69) is 9.97 Å². The van der Waals surface area contributed by atoms with Gasteiger partial charge < -0.3 is 9.80 Å². The Morgan fingerprint density at radius 2 is 2.04 bits per heavy atom. The Morgan fingerprint density at radius 1 is 1.33 bits per heavy atom. The second-order valence-electron chi connectivity index (χ2n) is 6.28. The molecule has 1 aliphatic rings. The minimum atomic E-state index is -4.44. The Balaban J connectivity index is 1.61. The first kappa shape index (κ1) is 18.6. The molecule has 0 bridgehead atoms. The van der Waals surface area contributed by atoms with Crippen molar-refractivity contribution in [3.63, 3.8) is 0 Å². The number of halogens is 3. The van der Waals surface area contributed by atoms with E-state index in [0.29, 0.717) is 24.5 Å². The molecule has 3 rings (SSSR count). The van der Waals surface area contributed by atoms with E-state index in [4.69, 9.17) is 5.26 Å². The summed E-state index contributed by atoms with van der Waals surface area (Å²) in [6, 6.07) is 6.66. The molecule has 1 saturated heterocycles. The molecular formula is C18H16F3N5O. The molecule has 27 heavy (non-hydrogen) atoms. The molecule has 1 aromatic heterocycles. The van der Waals surface area contributed by atoms with E-state index in [1.54, 1.807) is 7.05 Å². The number of nitriles is 1. The topological polar surface area (TPSA) is 73.1 Å². The molecule has 0 N–H and O–H groups in total. The van der Waals surface area contributed by atoms with Crippen LogP contribution in [0.4, 0.5) is 19.0 Å². The number of likely N-dealkylation sites (N-methyl/N-ethyl adjacent to an activating group) is 1. The molecule has 1 aromatic carbocycles. The third kappa shape index (κ3) is 4.00. The number of hydrogen-bond donors (Lipinski definition) is 0. The summed E-state index contributed by atoms with van der Waals surface area (Å²) in [5.74, 6) is 0.202. The quantitative estimate of drug-likeness (QED) is 0.820. The van der Waals surface area contributed by atoms with Crippen LogP contribution in [0.3, 0.4) is 0 Å². The lowest BCUT2D eigenvalue weighted by molar-refractivity contribution is -0.138. The molecule has 2 aromatic rings. The Bertz CT molecular complexity index is 887. The van der Waals surface area contributed by atoms with Gasteiger partial charge in [0.15, 0.2) is 11.5 Å². The lowest BCUT2D eigenvalue weighted by Gasteiger charge is -2.44. The summed E-state index contributed by atoms with van der Waals surface area (Å²) in [7, 11) is 1.62. The number of alkyl halides is 3. The van der Waals surface area contributed by atoms with Crippen molar-refractivity contribution in [1.29, 1.82) is 5.26 Å². The molecule has 0 saturated carbocycles. The molecular weight excluding hydrogens is 359 g/mol. The largest absolute Gasteiger partial charge is 0.416 e. The smallest absolute Gasteiger partial charge is 0.350 e. The fourth-order valence-corrected chi connectivity index (χ4v) is 2.87. The number of carbonyl (C=O) groups excluding carboxylic acids is 1. The van der Waals surface area contributed by atoms with Crippen LogP contribution in [0, 0.1) is 11.3 Å². The van der Waals surface area contributed by atoms with Gasteiger partial charge in [-0.1, -0.05) is 18.2 Å². The van der Waals surface area contributed by atoms with Crippen LogP contribution >= 0.6 is 0 Å². The van der Waals surface area contributed by atoms with Gasteiger partial charge in [0.25, 0.3) is 0 Å². The van der Waals surface area contributed by atoms with Gasteiger partial charge in [0.05, 0.1) is 18.0 Å². The number of aromatic nitrogens is 2. The average Bonchev–Trinajstić information content (AvgIpc) is 2.60. The van der Waals surface area contributed by atoms with Crippen molar-refractivity contribution < 1.29 is 18.0 Å². The third-order valence-electron chi connectivity index (χ3n) is 4.50. The van der Waals surface area contributed by atoms with E-state index < -0.39 is 11.7 Å². The highest BCUT2D eigenvalue weighted by Crippen LogP contribution is 2.30. The van der Waals surface area contributed by atoms with E-state index in [-0.39, 0.29) is 24.1 Å². The molecule has 2 heterocycles. The van der Waals surface area contributed by atoms with Gasteiger partial charge in [-0.15, -0.1) is 0 Å². The summed E-state index contributed by atoms with van der Waals surface area (Å²) in [4.78, 5) is 23.9. The number of rotatable bonds is 4. The van der Waals surface area contributed by atoms with Crippen molar-refractivity contribution in [2.45, 2.75) is 18.6 Å². The SMILES string of the molecule is CN(C(=O)Cc1cccc(C(F)(F)F)c1)C1CN(c2nccnc2C#N)C1. The van der Waals surface area contributed by atoms with Crippen molar-refractivity contribution in [2.75, 3.05) is 25.0 Å². The zero-order valence-corrected chi connectivity index (χ0v) is 14.4. The Labute approximate surface area is 153 Å². The monoisotopic (exact) mass is 375 g/mol. The van der Waals surface area contributed by atoms with Gasteiger partial charge >= 0.3 is 6.18 Å². The molecule has 0 unspecified atom stereocenters. The van der Waals surface area contributed by atoms with Crippen LogP contribution in [0.15, 0.2) is 36.7 Å². The number of hydrogen-bond acceptors (Lipinski definition) is 5. The van der Waals surface area contributed by atoms with Gasteiger partial charge in [-0.3, -0.25) is 4.79 Å². The maximum atomic E-state index is 12.8. The van der Waals surface area contributed by atoms with Gasteiger partial charge in [0.2, 0.25) is 5.91 Å². The summed E-state index contributed by atoms with van der Waals surface area (Å²) < 4.78 is 38.4. The zero-order valence-electron chi connectivity index (χ0n) is 14.4. The van der Waals surface area contributed by atoms with Crippen LogP contribution in [0.5, 0.6) is 0 Å². The van der Waals surface area contributed by atoms with Crippen molar-refractivity contribution in [3.8, 4) is 6.07 Å². The van der Waals surface area contributed by atoms with E-state index in [9.17, 15) is 18.0 Å². The van der Waals surface area contributed by atoms with Crippen molar-refractivity contribution >= 4 is 11.7 Å². The zero-order chi connectivity index (χ0) is 19.6. The fraction of sp³-hybridized carbons (Fsp3) is 0.333. The lowest BCUT2D eigenvalue weighted by atomic mass is 10.0. The number of anilines is 1. The first-order chi connectivity index (χ1) is 12.8.